The van der Waals surface area contributed by atoms with Gasteiger partial charge in [-0.05, 0) is 13.8 Å². The average Bonchev–Trinajstić information content (AvgIpc) is 3.11. The quantitative estimate of drug-likeness (QED) is 0.374. The van der Waals surface area contributed by atoms with Gasteiger partial charge in [0.25, 0.3) is 0 Å². The Balaban J connectivity index is 3.21. The molecule has 0 saturated heterocycles. The number of hydrogen-bond donors (Lipinski definition) is 0. The molecule has 7 heteroatoms. The van der Waals surface area contributed by atoms with Gasteiger partial charge in [-0.15, -0.1) is 0 Å². The molecule has 1 unspecified atom stereocenters. The predicted octanol–water partition coefficient (Wildman–Crippen LogP) is 0.163. The van der Waals surface area contributed by atoms with E-state index >= 15 is 0 Å². The Hall–Kier alpha value is -1.47. The summed E-state index contributed by atoms with van der Waals surface area (Å²) < 4.78 is 19.8. The number of ether oxygens (including phenoxy) is 4. The summed E-state index contributed by atoms with van der Waals surface area (Å²) in [5.41, 5.74) is -1.58. The molecule has 0 bridgehead atoms. The monoisotopic (exact) mass is 288 g/mol. The fraction of sp³-hybridized carbons (Fsp3) is 0.769. The van der Waals surface area contributed by atoms with Crippen molar-refractivity contribution in [2.24, 2.45) is 17.3 Å². The summed E-state index contributed by atoms with van der Waals surface area (Å²) >= 11 is 0. The number of Topliss-reactive ketones (excluding diaryl/α,β-unsaturated/α-hetero) is 1. The molecule has 0 aromatic carbocycles. The van der Waals surface area contributed by atoms with E-state index in [0.717, 1.165) is 0 Å². The highest BCUT2D eigenvalue weighted by Crippen LogP contribution is 2.63. The topological polar surface area (TPSA) is 88.1 Å². The number of hydrogen-bond acceptors (Lipinski definition) is 7. The van der Waals surface area contributed by atoms with Gasteiger partial charge in [0.05, 0.1) is 19.6 Å². The zero-order valence-electron chi connectivity index (χ0n) is 12.3. The lowest BCUT2D eigenvalue weighted by Gasteiger charge is -2.17. The summed E-state index contributed by atoms with van der Waals surface area (Å²) in [5, 5.41) is 0. The second-order valence-electron chi connectivity index (χ2n) is 4.51. The molecule has 0 amide bonds. The molecule has 7 nitrogen and oxygen atoms in total. The molecule has 1 rings (SSSR count). The first-order chi connectivity index (χ1) is 9.43. The molecule has 3 atom stereocenters. The third-order valence-electron chi connectivity index (χ3n) is 3.68. The van der Waals surface area contributed by atoms with Gasteiger partial charge in [-0.25, -0.2) is 0 Å². The van der Waals surface area contributed by atoms with Crippen molar-refractivity contribution in [1.82, 2.24) is 0 Å². The Morgan fingerprint density at radius 3 is 2.05 bits per heavy atom. The molecule has 1 aliphatic carbocycles. The van der Waals surface area contributed by atoms with Crippen LogP contribution >= 0.6 is 0 Å². The largest absolute Gasteiger partial charge is 0.469 e. The van der Waals surface area contributed by atoms with Crippen molar-refractivity contribution < 1.29 is 33.3 Å². The van der Waals surface area contributed by atoms with Crippen molar-refractivity contribution in [2.45, 2.75) is 20.1 Å². The maximum absolute atomic E-state index is 12.2. The lowest BCUT2D eigenvalue weighted by molar-refractivity contribution is -0.161. The average molecular weight is 288 g/mol. The van der Waals surface area contributed by atoms with E-state index < -0.39 is 41.3 Å². The number of carbonyl (C=O) groups excluding carboxylic acids is 3. The van der Waals surface area contributed by atoms with Crippen molar-refractivity contribution in [1.29, 1.82) is 0 Å². The van der Waals surface area contributed by atoms with Crippen molar-refractivity contribution in [3.63, 3.8) is 0 Å². The van der Waals surface area contributed by atoms with E-state index in [-0.39, 0.29) is 6.61 Å². The minimum atomic E-state index is -1.58. The standard InChI is InChI=1S/C13H20O7/c1-6-20-12(16)13(7(2)14)8(10(15)17-3)9(13)11(18-4)19-5/h8-9,11H,6H2,1-5H3/t8-,9-,13?/m1/s1. The normalized spacial score (nSPS) is 28.1. The van der Waals surface area contributed by atoms with Crippen LogP contribution in [-0.4, -0.2) is 51.9 Å². The number of ketones is 1. The van der Waals surface area contributed by atoms with Crippen molar-refractivity contribution in [2.75, 3.05) is 27.9 Å². The van der Waals surface area contributed by atoms with E-state index in [1.807, 2.05) is 0 Å². The van der Waals surface area contributed by atoms with Gasteiger partial charge in [0.1, 0.15) is 11.2 Å². The van der Waals surface area contributed by atoms with E-state index in [1.54, 1.807) is 6.92 Å². The molecule has 20 heavy (non-hydrogen) atoms. The second kappa shape index (κ2) is 6.32. The van der Waals surface area contributed by atoms with Gasteiger partial charge in [0, 0.05) is 20.1 Å². The summed E-state index contributed by atoms with van der Waals surface area (Å²) in [6, 6.07) is 0. The molecular formula is C13H20O7. The van der Waals surface area contributed by atoms with E-state index in [4.69, 9.17) is 14.2 Å². The van der Waals surface area contributed by atoms with Crippen molar-refractivity contribution >= 4 is 17.7 Å². The SMILES string of the molecule is CCOC(=O)C1(C(C)=O)[C@@H](C(=O)OC)[C@@H]1C(OC)OC. The highest BCUT2D eigenvalue weighted by atomic mass is 16.7. The molecule has 0 aliphatic heterocycles. The predicted molar refractivity (Wildman–Crippen MR) is 66.5 cm³/mol. The molecule has 0 aromatic rings. The zero-order chi connectivity index (χ0) is 15.5. The summed E-state index contributed by atoms with van der Waals surface area (Å²) in [5.74, 6) is -3.56. The van der Waals surface area contributed by atoms with Gasteiger partial charge in [0.15, 0.2) is 6.29 Å². The first kappa shape index (κ1) is 16.6. The summed E-state index contributed by atoms with van der Waals surface area (Å²) in [4.78, 5) is 36.0. The second-order valence-corrected chi connectivity index (χ2v) is 4.51. The van der Waals surface area contributed by atoms with Gasteiger partial charge < -0.3 is 18.9 Å². The molecule has 0 aromatic heterocycles. The zero-order valence-corrected chi connectivity index (χ0v) is 12.3. The Morgan fingerprint density at radius 2 is 1.70 bits per heavy atom. The van der Waals surface area contributed by atoms with Crippen LogP contribution in [0.5, 0.6) is 0 Å². The van der Waals surface area contributed by atoms with Crippen LogP contribution in [-0.2, 0) is 33.3 Å². The van der Waals surface area contributed by atoms with E-state index in [1.165, 1.54) is 28.3 Å². The van der Waals surface area contributed by atoms with Crippen LogP contribution in [0.15, 0.2) is 0 Å². The molecule has 1 aliphatic rings. The third kappa shape index (κ3) is 2.31. The molecule has 1 saturated carbocycles. The van der Waals surface area contributed by atoms with Crippen LogP contribution in [0.2, 0.25) is 0 Å². The summed E-state index contributed by atoms with van der Waals surface area (Å²) in [6.07, 6.45) is -0.868. The Morgan fingerprint density at radius 1 is 1.15 bits per heavy atom. The van der Waals surface area contributed by atoms with Crippen molar-refractivity contribution in [3.8, 4) is 0 Å². The minimum absolute atomic E-state index is 0.110. The molecule has 0 heterocycles. The fourth-order valence-electron chi connectivity index (χ4n) is 2.75. The maximum atomic E-state index is 12.2. The lowest BCUT2D eigenvalue weighted by atomic mass is 9.96. The lowest BCUT2D eigenvalue weighted by Crippen LogP contribution is -2.33. The van der Waals surface area contributed by atoms with Gasteiger partial charge in [-0.1, -0.05) is 0 Å². The van der Waals surface area contributed by atoms with Gasteiger partial charge in [0.2, 0.25) is 0 Å². The van der Waals surface area contributed by atoms with Crippen LogP contribution in [0.25, 0.3) is 0 Å². The molecule has 1 fully saturated rings. The minimum Gasteiger partial charge on any atom is -0.469 e. The Bertz CT molecular complexity index is 402. The molecular weight excluding hydrogens is 268 g/mol. The molecule has 0 spiro atoms. The number of esters is 2. The first-order valence-electron chi connectivity index (χ1n) is 6.25. The van der Waals surface area contributed by atoms with Crippen LogP contribution in [0.4, 0.5) is 0 Å². The first-order valence-corrected chi connectivity index (χ1v) is 6.25. The van der Waals surface area contributed by atoms with E-state index in [2.05, 4.69) is 4.74 Å². The van der Waals surface area contributed by atoms with Crippen LogP contribution in [0.3, 0.4) is 0 Å². The van der Waals surface area contributed by atoms with E-state index in [0.29, 0.717) is 0 Å². The van der Waals surface area contributed by atoms with E-state index in [9.17, 15) is 14.4 Å². The fourth-order valence-corrected chi connectivity index (χ4v) is 2.75. The molecule has 0 radical (unpaired) electrons. The Labute approximate surface area is 117 Å². The highest BCUT2D eigenvalue weighted by molar-refractivity contribution is 6.11. The number of carbonyl (C=O) groups is 3. The number of methoxy groups -OCH3 is 3. The van der Waals surface area contributed by atoms with Gasteiger partial charge in [-0.3, -0.25) is 14.4 Å². The summed E-state index contributed by atoms with van der Waals surface area (Å²) in [6.45, 7) is 2.98. The molecule has 0 N–H and O–H groups in total. The summed E-state index contributed by atoms with van der Waals surface area (Å²) in [7, 11) is 3.94. The van der Waals surface area contributed by atoms with Gasteiger partial charge >= 0.3 is 11.9 Å². The molecule has 114 valence electrons. The third-order valence-corrected chi connectivity index (χ3v) is 3.68. The Kier molecular flexibility index (Phi) is 5.24. The van der Waals surface area contributed by atoms with Crippen LogP contribution in [0.1, 0.15) is 13.8 Å². The number of rotatable bonds is 7. The van der Waals surface area contributed by atoms with Crippen molar-refractivity contribution in [3.05, 3.63) is 0 Å². The van der Waals surface area contributed by atoms with Crippen LogP contribution < -0.4 is 0 Å². The van der Waals surface area contributed by atoms with Gasteiger partial charge in [-0.2, -0.15) is 0 Å². The smallest absolute Gasteiger partial charge is 0.321 e. The highest BCUT2D eigenvalue weighted by Gasteiger charge is 2.80. The maximum Gasteiger partial charge on any atom is 0.321 e. The van der Waals surface area contributed by atoms with Crippen LogP contribution in [0, 0.1) is 17.3 Å².